The molecule has 0 unspecified atom stereocenters. The van der Waals surface area contributed by atoms with E-state index in [2.05, 4.69) is 37.1 Å². The number of ether oxygens (including phenoxy) is 1. The first-order valence-electron chi connectivity index (χ1n) is 7.75. The molecule has 116 valence electrons. The van der Waals surface area contributed by atoms with Crippen LogP contribution in [-0.4, -0.2) is 37.7 Å². The molecule has 0 aromatic carbocycles. The van der Waals surface area contributed by atoms with Gasteiger partial charge in [-0.15, -0.1) is 0 Å². The normalized spacial score (nSPS) is 11.7. The third-order valence-corrected chi connectivity index (χ3v) is 3.79. The molecule has 0 radical (unpaired) electrons. The maximum atomic E-state index is 5.69. The second-order valence-electron chi connectivity index (χ2n) is 5.08. The van der Waals surface area contributed by atoms with Gasteiger partial charge in [0.1, 0.15) is 5.76 Å². The number of rotatable bonds is 11. The molecule has 0 atom stereocenters. The van der Waals surface area contributed by atoms with Crippen LogP contribution >= 0.6 is 0 Å². The fourth-order valence-electron chi connectivity index (χ4n) is 2.51. The molecule has 1 heterocycles. The SMILES string of the molecule is CCNCc1ccoc1CN(CCOC)C(CC)CC. The first-order valence-corrected chi connectivity index (χ1v) is 7.75. The van der Waals surface area contributed by atoms with Crippen LogP contribution in [0, 0.1) is 0 Å². The van der Waals surface area contributed by atoms with Gasteiger partial charge in [-0.3, -0.25) is 4.90 Å². The highest BCUT2D eigenvalue weighted by molar-refractivity contribution is 5.17. The second kappa shape index (κ2) is 9.97. The molecular formula is C16H30N2O2. The summed E-state index contributed by atoms with van der Waals surface area (Å²) in [5, 5.41) is 3.36. The van der Waals surface area contributed by atoms with E-state index in [-0.39, 0.29) is 0 Å². The molecule has 0 aliphatic rings. The van der Waals surface area contributed by atoms with Gasteiger partial charge in [-0.25, -0.2) is 0 Å². The molecule has 0 aliphatic heterocycles. The molecule has 0 aliphatic carbocycles. The Hall–Kier alpha value is -0.840. The molecule has 1 N–H and O–H groups in total. The third kappa shape index (κ3) is 5.27. The zero-order valence-electron chi connectivity index (χ0n) is 13.4. The summed E-state index contributed by atoms with van der Waals surface area (Å²) in [5.74, 6) is 1.08. The predicted molar refractivity (Wildman–Crippen MR) is 82.7 cm³/mol. The fourth-order valence-corrected chi connectivity index (χ4v) is 2.51. The third-order valence-electron chi connectivity index (χ3n) is 3.79. The molecule has 1 rings (SSSR count). The van der Waals surface area contributed by atoms with Crippen LogP contribution in [0.2, 0.25) is 0 Å². The van der Waals surface area contributed by atoms with Crippen LogP contribution in [0.25, 0.3) is 0 Å². The van der Waals surface area contributed by atoms with Gasteiger partial charge in [0.2, 0.25) is 0 Å². The predicted octanol–water partition coefficient (Wildman–Crippen LogP) is 3.03. The molecule has 0 saturated carbocycles. The monoisotopic (exact) mass is 282 g/mol. The lowest BCUT2D eigenvalue weighted by atomic mass is 10.1. The summed E-state index contributed by atoms with van der Waals surface area (Å²) in [6, 6.07) is 2.65. The van der Waals surface area contributed by atoms with Crippen molar-refractivity contribution in [3.05, 3.63) is 23.7 Å². The first-order chi connectivity index (χ1) is 9.76. The van der Waals surface area contributed by atoms with E-state index in [1.807, 2.05) is 0 Å². The zero-order valence-corrected chi connectivity index (χ0v) is 13.4. The number of nitrogens with one attached hydrogen (secondary N) is 1. The molecule has 0 saturated heterocycles. The van der Waals surface area contributed by atoms with Crippen molar-refractivity contribution in [2.75, 3.05) is 26.8 Å². The lowest BCUT2D eigenvalue weighted by Crippen LogP contribution is -2.36. The highest BCUT2D eigenvalue weighted by atomic mass is 16.5. The molecule has 0 fully saturated rings. The van der Waals surface area contributed by atoms with Crippen molar-refractivity contribution in [1.29, 1.82) is 0 Å². The average molecular weight is 282 g/mol. The smallest absolute Gasteiger partial charge is 0.122 e. The van der Waals surface area contributed by atoms with Crippen LogP contribution in [0.1, 0.15) is 44.9 Å². The summed E-state index contributed by atoms with van der Waals surface area (Å²) in [7, 11) is 1.76. The van der Waals surface area contributed by atoms with E-state index in [1.54, 1.807) is 13.4 Å². The van der Waals surface area contributed by atoms with E-state index in [1.165, 1.54) is 5.56 Å². The minimum Gasteiger partial charge on any atom is -0.468 e. The zero-order chi connectivity index (χ0) is 14.8. The minimum atomic E-state index is 0.585. The van der Waals surface area contributed by atoms with E-state index in [0.29, 0.717) is 6.04 Å². The highest BCUT2D eigenvalue weighted by Crippen LogP contribution is 2.17. The van der Waals surface area contributed by atoms with Crippen LogP contribution in [0.4, 0.5) is 0 Å². The van der Waals surface area contributed by atoms with Gasteiger partial charge in [0.15, 0.2) is 0 Å². The molecule has 0 amide bonds. The van der Waals surface area contributed by atoms with Crippen molar-refractivity contribution in [3.8, 4) is 0 Å². The second-order valence-corrected chi connectivity index (χ2v) is 5.08. The number of furan rings is 1. The Labute approximate surface area is 123 Å². The van der Waals surface area contributed by atoms with Crippen molar-refractivity contribution >= 4 is 0 Å². The minimum absolute atomic E-state index is 0.585. The van der Waals surface area contributed by atoms with E-state index in [4.69, 9.17) is 9.15 Å². The van der Waals surface area contributed by atoms with E-state index in [0.717, 1.165) is 51.4 Å². The van der Waals surface area contributed by atoms with Crippen molar-refractivity contribution in [2.45, 2.75) is 52.7 Å². The lowest BCUT2D eigenvalue weighted by Gasteiger charge is -2.29. The number of nitrogens with zero attached hydrogens (tertiary/aromatic N) is 1. The van der Waals surface area contributed by atoms with E-state index < -0.39 is 0 Å². The van der Waals surface area contributed by atoms with Crippen LogP contribution < -0.4 is 5.32 Å². The van der Waals surface area contributed by atoms with Crippen LogP contribution in [0.3, 0.4) is 0 Å². The molecule has 0 bridgehead atoms. The maximum absolute atomic E-state index is 5.69. The summed E-state index contributed by atoms with van der Waals surface area (Å²) in [6.07, 6.45) is 4.11. The van der Waals surface area contributed by atoms with E-state index in [9.17, 15) is 0 Å². The topological polar surface area (TPSA) is 37.6 Å². The summed E-state index contributed by atoms with van der Waals surface area (Å²) < 4.78 is 10.9. The summed E-state index contributed by atoms with van der Waals surface area (Å²) >= 11 is 0. The first kappa shape index (κ1) is 17.2. The molecule has 1 aromatic heterocycles. The summed E-state index contributed by atoms with van der Waals surface area (Å²) in [4.78, 5) is 2.47. The Balaban J connectivity index is 2.70. The van der Waals surface area contributed by atoms with Gasteiger partial charge < -0.3 is 14.5 Å². The molecule has 20 heavy (non-hydrogen) atoms. The lowest BCUT2D eigenvalue weighted by molar-refractivity contribution is 0.104. The van der Waals surface area contributed by atoms with Crippen molar-refractivity contribution in [2.24, 2.45) is 0 Å². The molecule has 4 heteroatoms. The summed E-state index contributed by atoms with van der Waals surface area (Å²) in [6.45, 7) is 11.0. The Kier molecular flexibility index (Phi) is 8.58. The molecule has 0 spiro atoms. The standard InChI is InChI=1S/C16H30N2O2/c1-5-15(6-2)18(9-11-19-4)13-16-14(8-10-20-16)12-17-7-3/h8,10,15,17H,5-7,9,11-13H2,1-4H3. The van der Waals surface area contributed by atoms with Crippen molar-refractivity contribution < 1.29 is 9.15 Å². The van der Waals surface area contributed by atoms with Gasteiger partial charge >= 0.3 is 0 Å². The van der Waals surface area contributed by atoms with Gasteiger partial charge in [-0.2, -0.15) is 0 Å². The Morgan fingerprint density at radius 1 is 1.30 bits per heavy atom. The largest absolute Gasteiger partial charge is 0.468 e. The quantitative estimate of drug-likeness (QED) is 0.677. The number of methoxy groups -OCH3 is 1. The van der Waals surface area contributed by atoms with Crippen LogP contribution in [-0.2, 0) is 17.8 Å². The maximum Gasteiger partial charge on any atom is 0.122 e. The Bertz CT molecular complexity index is 348. The average Bonchev–Trinajstić information content (AvgIpc) is 2.90. The number of hydrogen-bond acceptors (Lipinski definition) is 4. The Morgan fingerprint density at radius 2 is 2.05 bits per heavy atom. The fraction of sp³-hybridized carbons (Fsp3) is 0.750. The Morgan fingerprint density at radius 3 is 2.65 bits per heavy atom. The molecule has 4 nitrogen and oxygen atoms in total. The summed E-state index contributed by atoms with van der Waals surface area (Å²) in [5.41, 5.74) is 1.26. The number of hydrogen-bond donors (Lipinski definition) is 1. The molecule has 1 aromatic rings. The molecular weight excluding hydrogens is 252 g/mol. The van der Waals surface area contributed by atoms with Gasteiger partial charge in [0.05, 0.1) is 19.4 Å². The van der Waals surface area contributed by atoms with Gasteiger partial charge in [0.25, 0.3) is 0 Å². The van der Waals surface area contributed by atoms with Gasteiger partial charge in [0, 0.05) is 31.8 Å². The highest BCUT2D eigenvalue weighted by Gasteiger charge is 2.18. The van der Waals surface area contributed by atoms with Crippen molar-refractivity contribution in [1.82, 2.24) is 10.2 Å². The van der Waals surface area contributed by atoms with Gasteiger partial charge in [-0.05, 0) is 25.5 Å². The van der Waals surface area contributed by atoms with E-state index >= 15 is 0 Å². The van der Waals surface area contributed by atoms with Crippen LogP contribution in [0.15, 0.2) is 16.7 Å². The van der Waals surface area contributed by atoms with Crippen molar-refractivity contribution in [3.63, 3.8) is 0 Å². The van der Waals surface area contributed by atoms with Gasteiger partial charge in [-0.1, -0.05) is 20.8 Å². The van der Waals surface area contributed by atoms with Crippen LogP contribution in [0.5, 0.6) is 0 Å².